The second kappa shape index (κ2) is 4.37. The quantitative estimate of drug-likeness (QED) is 0.733. The van der Waals surface area contributed by atoms with Crippen LogP contribution in [0.2, 0.25) is 0 Å². The van der Waals surface area contributed by atoms with Gasteiger partial charge in [-0.3, -0.25) is 4.79 Å². The van der Waals surface area contributed by atoms with Gasteiger partial charge in [-0.25, -0.2) is 0 Å². The minimum atomic E-state index is -0.769. The highest BCUT2D eigenvalue weighted by molar-refractivity contribution is 5.69. The molecule has 4 N–H and O–H groups in total. The third-order valence-corrected chi connectivity index (χ3v) is 3.62. The van der Waals surface area contributed by atoms with Crippen LogP contribution in [0.4, 0.5) is 5.69 Å². The first-order valence-corrected chi connectivity index (χ1v) is 5.80. The van der Waals surface area contributed by atoms with Crippen molar-refractivity contribution in [1.29, 1.82) is 0 Å². The molecular weight excluding hydrogens is 216 g/mol. The Morgan fingerprint density at radius 2 is 2.29 bits per heavy atom. The number of aliphatic carboxylic acids is 1. The van der Waals surface area contributed by atoms with Crippen LogP contribution in [0.1, 0.15) is 17.5 Å². The molecule has 0 heterocycles. The summed E-state index contributed by atoms with van der Waals surface area (Å²) in [6.45, 7) is 0.414. The predicted octanol–water partition coefficient (Wildman–Crippen LogP) is 1.25. The second-order valence-corrected chi connectivity index (χ2v) is 4.82. The normalized spacial score (nSPS) is 22.2. The van der Waals surface area contributed by atoms with Crippen LogP contribution >= 0.6 is 0 Å². The minimum absolute atomic E-state index is 0.140. The molecule has 0 fully saturated rings. The second-order valence-electron chi connectivity index (χ2n) is 4.82. The number of carboxylic acid groups (broad SMARTS) is 1. The van der Waals surface area contributed by atoms with E-state index in [-0.39, 0.29) is 11.8 Å². The van der Waals surface area contributed by atoms with Crippen LogP contribution in [-0.2, 0) is 17.6 Å². The van der Waals surface area contributed by atoms with E-state index in [1.165, 1.54) is 11.1 Å². The van der Waals surface area contributed by atoms with Crippen LogP contribution in [0.3, 0.4) is 0 Å². The third kappa shape index (κ3) is 2.13. The summed E-state index contributed by atoms with van der Waals surface area (Å²) in [5.41, 5.74) is 9.04. The number of nitrogens with two attached hydrogens (primary N) is 1. The van der Waals surface area contributed by atoms with Crippen molar-refractivity contribution >= 4 is 11.7 Å². The van der Waals surface area contributed by atoms with Gasteiger partial charge in [0.25, 0.3) is 0 Å². The summed E-state index contributed by atoms with van der Waals surface area (Å²) in [5.74, 6) is -0.769. The molecule has 0 aliphatic heterocycles. The molecule has 0 radical (unpaired) electrons. The molecule has 92 valence electrons. The van der Waals surface area contributed by atoms with E-state index >= 15 is 0 Å². The lowest BCUT2D eigenvalue weighted by Gasteiger charge is -2.24. The van der Waals surface area contributed by atoms with E-state index in [1.807, 2.05) is 19.2 Å². The lowest BCUT2D eigenvalue weighted by atomic mass is 9.81. The summed E-state index contributed by atoms with van der Waals surface area (Å²) in [7, 11) is 1.88. The molecule has 0 saturated carbocycles. The molecule has 1 atom stereocenters. The SMILES string of the molecule is CNc1cccc2c1CC(CN)(CC(=O)O)C2. The number of fused-ring (bicyclic) bond motifs is 1. The van der Waals surface area contributed by atoms with Crippen molar-refractivity contribution in [1.82, 2.24) is 0 Å². The van der Waals surface area contributed by atoms with Crippen LogP contribution in [0.25, 0.3) is 0 Å². The zero-order valence-corrected chi connectivity index (χ0v) is 9.99. The topological polar surface area (TPSA) is 75.3 Å². The highest BCUT2D eigenvalue weighted by atomic mass is 16.4. The van der Waals surface area contributed by atoms with Gasteiger partial charge in [-0.2, -0.15) is 0 Å². The molecule has 0 bridgehead atoms. The van der Waals surface area contributed by atoms with E-state index in [0.29, 0.717) is 6.54 Å². The van der Waals surface area contributed by atoms with Crippen molar-refractivity contribution in [3.05, 3.63) is 29.3 Å². The maximum atomic E-state index is 11.0. The maximum Gasteiger partial charge on any atom is 0.303 e. The number of nitrogens with one attached hydrogen (secondary N) is 1. The molecule has 0 aromatic heterocycles. The fourth-order valence-corrected chi connectivity index (χ4v) is 2.75. The zero-order chi connectivity index (χ0) is 12.5. The Balaban J connectivity index is 2.33. The van der Waals surface area contributed by atoms with Gasteiger partial charge in [0.15, 0.2) is 0 Å². The van der Waals surface area contributed by atoms with Gasteiger partial charge in [-0.1, -0.05) is 12.1 Å². The van der Waals surface area contributed by atoms with Crippen LogP contribution in [0, 0.1) is 5.41 Å². The lowest BCUT2D eigenvalue weighted by molar-refractivity contribution is -0.139. The van der Waals surface area contributed by atoms with Gasteiger partial charge in [-0.05, 0) is 36.6 Å². The standard InChI is InChI=1S/C13H18N2O2/c1-15-11-4-2-3-9-5-13(8-14,6-10(9)11)7-12(16)17/h2-4,15H,5-8,14H2,1H3,(H,16,17). The van der Waals surface area contributed by atoms with Crippen molar-refractivity contribution in [2.45, 2.75) is 19.3 Å². The van der Waals surface area contributed by atoms with Gasteiger partial charge in [-0.15, -0.1) is 0 Å². The van der Waals surface area contributed by atoms with Gasteiger partial charge in [0, 0.05) is 18.2 Å². The fraction of sp³-hybridized carbons (Fsp3) is 0.462. The molecule has 0 amide bonds. The lowest BCUT2D eigenvalue weighted by Crippen LogP contribution is -2.33. The zero-order valence-electron chi connectivity index (χ0n) is 9.99. The number of carbonyl (C=O) groups is 1. The third-order valence-electron chi connectivity index (χ3n) is 3.62. The van der Waals surface area contributed by atoms with Crippen LogP contribution in [0.15, 0.2) is 18.2 Å². The Labute approximate surface area is 101 Å². The number of rotatable bonds is 4. The van der Waals surface area contributed by atoms with Gasteiger partial charge < -0.3 is 16.2 Å². The number of benzene rings is 1. The molecule has 1 unspecified atom stereocenters. The molecule has 0 saturated heterocycles. The van der Waals surface area contributed by atoms with E-state index in [1.54, 1.807) is 0 Å². The Kier molecular flexibility index (Phi) is 3.07. The van der Waals surface area contributed by atoms with Gasteiger partial charge in [0.2, 0.25) is 0 Å². The smallest absolute Gasteiger partial charge is 0.303 e. The van der Waals surface area contributed by atoms with Crippen molar-refractivity contribution in [3.63, 3.8) is 0 Å². The number of hydrogen-bond acceptors (Lipinski definition) is 3. The highest BCUT2D eigenvalue weighted by Crippen LogP contribution is 2.41. The Bertz CT molecular complexity index is 445. The van der Waals surface area contributed by atoms with Gasteiger partial charge in [0.05, 0.1) is 6.42 Å². The van der Waals surface area contributed by atoms with Crippen LogP contribution in [-0.4, -0.2) is 24.7 Å². The Morgan fingerprint density at radius 1 is 1.53 bits per heavy atom. The van der Waals surface area contributed by atoms with Gasteiger partial charge in [0.1, 0.15) is 0 Å². The first kappa shape index (κ1) is 11.9. The molecule has 1 aliphatic rings. The first-order chi connectivity index (χ1) is 8.10. The van der Waals surface area contributed by atoms with E-state index in [4.69, 9.17) is 10.8 Å². The van der Waals surface area contributed by atoms with Gasteiger partial charge >= 0.3 is 5.97 Å². The molecule has 17 heavy (non-hydrogen) atoms. The Hall–Kier alpha value is -1.55. The molecule has 4 heteroatoms. The minimum Gasteiger partial charge on any atom is -0.481 e. The largest absolute Gasteiger partial charge is 0.481 e. The summed E-state index contributed by atoms with van der Waals surface area (Å²) in [4.78, 5) is 11.0. The molecular formula is C13H18N2O2. The maximum absolute atomic E-state index is 11.0. The highest BCUT2D eigenvalue weighted by Gasteiger charge is 2.38. The first-order valence-electron chi connectivity index (χ1n) is 5.80. The average Bonchev–Trinajstić information content (AvgIpc) is 2.66. The van der Waals surface area contributed by atoms with Crippen LogP contribution < -0.4 is 11.1 Å². The number of anilines is 1. The summed E-state index contributed by atoms with van der Waals surface area (Å²) in [6, 6.07) is 6.08. The molecule has 1 aromatic rings. The molecule has 2 rings (SSSR count). The summed E-state index contributed by atoms with van der Waals surface area (Å²) in [5, 5.41) is 12.2. The molecule has 0 spiro atoms. The summed E-state index contributed by atoms with van der Waals surface area (Å²) in [6.07, 6.45) is 1.66. The van der Waals surface area contributed by atoms with Crippen molar-refractivity contribution in [2.24, 2.45) is 11.1 Å². The fourth-order valence-electron chi connectivity index (χ4n) is 2.75. The van der Waals surface area contributed by atoms with E-state index in [0.717, 1.165) is 18.5 Å². The molecule has 1 aromatic carbocycles. The van der Waals surface area contributed by atoms with E-state index < -0.39 is 5.97 Å². The molecule has 4 nitrogen and oxygen atoms in total. The summed E-state index contributed by atoms with van der Waals surface area (Å²) < 4.78 is 0. The average molecular weight is 234 g/mol. The van der Waals surface area contributed by atoms with E-state index in [2.05, 4.69) is 11.4 Å². The van der Waals surface area contributed by atoms with Crippen molar-refractivity contribution in [3.8, 4) is 0 Å². The van der Waals surface area contributed by atoms with Crippen LogP contribution in [0.5, 0.6) is 0 Å². The molecule has 1 aliphatic carbocycles. The number of carboxylic acids is 1. The monoisotopic (exact) mass is 234 g/mol. The van der Waals surface area contributed by atoms with Crippen molar-refractivity contribution in [2.75, 3.05) is 18.9 Å². The Morgan fingerprint density at radius 3 is 2.88 bits per heavy atom. The number of hydrogen-bond donors (Lipinski definition) is 3. The van der Waals surface area contributed by atoms with E-state index in [9.17, 15) is 4.79 Å². The summed E-state index contributed by atoms with van der Waals surface area (Å²) >= 11 is 0. The predicted molar refractivity (Wildman–Crippen MR) is 67.1 cm³/mol. The van der Waals surface area contributed by atoms with Crippen molar-refractivity contribution < 1.29 is 9.90 Å².